The van der Waals surface area contributed by atoms with E-state index >= 15 is 0 Å². The minimum atomic E-state index is 0.0310. The highest BCUT2D eigenvalue weighted by Gasteiger charge is 2.29. The number of fused-ring (bicyclic) bond motifs is 1. The Kier molecular flexibility index (Phi) is 3.81. The summed E-state index contributed by atoms with van der Waals surface area (Å²) in [5, 5.41) is 0. The fourth-order valence-corrected chi connectivity index (χ4v) is 3.45. The summed E-state index contributed by atoms with van der Waals surface area (Å²) in [6.07, 6.45) is 3.83. The highest BCUT2D eigenvalue weighted by Crippen LogP contribution is 2.30. The molecule has 0 spiro atoms. The largest absolute Gasteiger partial charge is 0.313 e. The SMILES string of the molecule is C=CCn1c(=NC(=O)C2CC2)sc2cc(C(C)C)ccc21. The molecule has 0 N–H and O–H groups in total. The van der Waals surface area contributed by atoms with Crippen molar-refractivity contribution in [1.82, 2.24) is 4.57 Å². The minimum absolute atomic E-state index is 0.0310. The topological polar surface area (TPSA) is 34.4 Å². The Hall–Kier alpha value is -1.68. The van der Waals surface area contributed by atoms with Gasteiger partial charge < -0.3 is 4.57 Å². The predicted molar refractivity (Wildman–Crippen MR) is 87.4 cm³/mol. The molecule has 0 saturated heterocycles. The molecule has 1 fully saturated rings. The molecule has 0 bridgehead atoms. The smallest absolute Gasteiger partial charge is 0.251 e. The van der Waals surface area contributed by atoms with Gasteiger partial charge in [0, 0.05) is 12.5 Å². The average Bonchev–Trinajstić information content (AvgIpc) is 3.24. The number of amides is 1. The average molecular weight is 300 g/mol. The van der Waals surface area contributed by atoms with Gasteiger partial charge in [-0.25, -0.2) is 0 Å². The van der Waals surface area contributed by atoms with Crippen LogP contribution in [0.15, 0.2) is 35.8 Å². The lowest BCUT2D eigenvalue weighted by Gasteiger charge is -2.05. The van der Waals surface area contributed by atoms with Crippen LogP contribution in [0, 0.1) is 5.92 Å². The first-order valence-electron chi connectivity index (χ1n) is 7.43. The van der Waals surface area contributed by atoms with E-state index in [2.05, 4.69) is 48.2 Å². The lowest BCUT2D eigenvalue weighted by Crippen LogP contribution is -2.16. The second kappa shape index (κ2) is 5.60. The van der Waals surface area contributed by atoms with E-state index in [9.17, 15) is 4.79 Å². The predicted octanol–water partition coefficient (Wildman–Crippen LogP) is 3.85. The zero-order valence-corrected chi connectivity index (χ0v) is 13.3. The lowest BCUT2D eigenvalue weighted by molar-refractivity contribution is -0.119. The van der Waals surface area contributed by atoms with Gasteiger partial charge in [0.2, 0.25) is 0 Å². The molecule has 1 aromatic carbocycles. The van der Waals surface area contributed by atoms with E-state index in [0.29, 0.717) is 12.5 Å². The number of thiazole rings is 1. The first-order chi connectivity index (χ1) is 10.1. The Morgan fingerprint density at radius 2 is 2.29 bits per heavy atom. The van der Waals surface area contributed by atoms with Crippen molar-refractivity contribution in [1.29, 1.82) is 0 Å². The van der Waals surface area contributed by atoms with Crippen molar-refractivity contribution in [2.24, 2.45) is 10.9 Å². The van der Waals surface area contributed by atoms with Gasteiger partial charge in [-0.15, -0.1) is 6.58 Å². The summed E-state index contributed by atoms with van der Waals surface area (Å²) in [5.74, 6) is 0.694. The van der Waals surface area contributed by atoms with Gasteiger partial charge >= 0.3 is 0 Å². The number of carbonyl (C=O) groups is 1. The lowest BCUT2D eigenvalue weighted by atomic mass is 10.0. The molecule has 0 aliphatic heterocycles. The van der Waals surface area contributed by atoms with Crippen molar-refractivity contribution < 1.29 is 4.79 Å². The Morgan fingerprint density at radius 3 is 2.90 bits per heavy atom. The number of nitrogens with zero attached hydrogens (tertiary/aromatic N) is 2. The van der Waals surface area contributed by atoms with Gasteiger partial charge in [-0.05, 0) is 36.5 Å². The molecule has 110 valence electrons. The molecule has 21 heavy (non-hydrogen) atoms. The summed E-state index contributed by atoms with van der Waals surface area (Å²) in [6.45, 7) is 8.87. The van der Waals surface area contributed by atoms with Crippen LogP contribution in [0.25, 0.3) is 10.2 Å². The molecule has 4 heteroatoms. The molecule has 3 nitrogen and oxygen atoms in total. The zero-order chi connectivity index (χ0) is 15.0. The number of carbonyl (C=O) groups excluding carboxylic acids is 1. The fraction of sp³-hybridized carbons (Fsp3) is 0.412. The summed E-state index contributed by atoms with van der Waals surface area (Å²) < 4.78 is 3.27. The van der Waals surface area contributed by atoms with Crippen molar-refractivity contribution in [3.8, 4) is 0 Å². The number of rotatable bonds is 4. The molecule has 1 aliphatic rings. The van der Waals surface area contributed by atoms with Crippen LogP contribution in [0.4, 0.5) is 0 Å². The Balaban J connectivity index is 2.15. The van der Waals surface area contributed by atoms with Crippen molar-refractivity contribution in [3.05, 3.63) is 41.2 Å². The monoisotopic (exact) mass is 300 g/mol. The highest BCUT2D eigenvalue weighted by molar-refractivity contribution is 7.16. The van der Waals surface area contributed by atoms with Crippen LogP contribution in [0.2, 0.25) is 0 Å². The Morgan fingerprint density at radius 1 is 1.52 bits per heavy atom. The summed E-state index contributed by atoms with van der Waals surface area (Å²) >= 11 is 1.60. The zero-order valence-electron chi connectivity index (χ0n) is 12.5. The van der Waals surface area contributed by atoms with E-state index in [1.54, 1.807) is 11.3 Å². The minimum Gasteiger partial charge on any atom is -0.313 e. The summed E-state index contributed by atoms with van der Waals surface area (Å²) in [5.41, 5.74) is 2.45. The van der Waals surface area contributed by atoms with E-state index in [4.69, 9.17) is 0 Å². The molecule has 1 aliphatic carbocycles. The standard InChI is InChI=1S/C17H20N2OS/c1-4-9-19-14-8-7-13(11(2)3)10-15(14)21-17(19)18-16(20)12-5-6-12/h4,7-8,10-12H,1,5-6,9H2,2-3H3. The van der Waals surface area contributed by atoms with Crippen LogP contribution >= 0.6 is 11.3 Å². The molecular weight excluding hydrogens is 280 g/mol. The maximum Gasteiger partial charge on any atom is 0.251 e. The third-order valence-electron chi connectivity index (χ3n) is 3.82. The maximum atomic E-state index is 12.0. The van der Waals surface area contributed by atoms with Gasteiger partial charge in [-0.3, -0.25) is 4.79 Å². The molecule has 2 aromatic rings. The first-order valence-corrected chi connectivity index (χ1v) is 8.24. The summed E-state index contributed by atoms with van der Waals surface area (Å²) in [6, 6.07) is 6.50. The molecule has 1 amide bonds. The van der Waals surface area contributed by atoms with E-state index in [-0.39, 0.29) is 11.8 Å². The van der Waals surface area contributed by atoms with Crippen molar-refractivity contribution in [2.45, 2.75) is 39.2 Å². The number of benzene rings is 1. The molecule has 3 rings (SSSR count). The molecule has 0 unspecified atom stereocenters. The van der Waals surface area contributed by atoms with Gasteiger partial charge in [0.15, 0.2) is 4.80 Å². The third kappa shape index (κ3) is 2.86. The highest BCUT2D eigenvalue weighted by atomic mass is 32.1. The van der Waals surface area contributed by atoms with Gasteiger partial charge in [0.25, 0.3) is 5.91 Å². The van der Waals surface area contributed by atoms with Crippen LogP contribution in [0.5, 0.6) is 0 Å². The number of hydrogen-bond acceptors (Lipinski definition) is 2. The van der Waals surface area contributed by atoms with Gasteiger partial charge in [0.1, 0.15) is 0 Å². The first kappa shape index (κ1) is 14.3. The van der Waals surface area contributed by atoms with Crippen LogP contribution in [0.3, 0.4) is 0 Å². The van der Waals surface area contributed by atoms with E-state index in [1.807, 2.05) is 6.08 Å². The van der Waals surface area contributed by atoms with Gasteiger partial charge in [0.05, 0.1) is 10.2 Å². The van der Waals surface area contributed by atoms with Gasteiger partial charge in [-0.2, -0.15) is 4.99 Å². The molecule has 1 heterocycles. The van der Waals surface area contributed by atoms with Crippen LogP contribution in [-0.4, -0.2) is 10.5 Å². The number of allylic oxidation sites excluding steroid dienone is 1. The maximum absolute atomic E-state index is 12.0. The fourth-order valence-electron chi connectivity index (χ4n) is 2.36. The molecular formula is C17H20N2OS. The summed E-state index contributed by atoms with van der Waals surface area (Å²) in [4.78, 5) is 17.1. The van der Waals surface area contributed by atoms with Crippen molar-refractivity contribution >= 4 is 27.5 Å². The van der Waals surface area contributed by atoms with E-state index < -0.39 is 0 Å². The number of aromatic nitrogens is 1. The van der Waals surface area contributed by atoms with E-state index in [1.165, 1.54) is 10.3 Å². The second-order valence-electron chi connectivity index (χ2n) is 5.89. The van der Waals surface area contributed by atoms with Crippen molar-refractivity contribution in [3.63, 3.8) is 0 Å². The Labute approximate surface area is 128 Å². The molecule has 1 aromatic heterocycles. The number of hydrogen-bond donors (Lipinski definition) is 0. The second-order valence-corrected chi connectivity index (χ2v) is 6.90. The van der Waals surface area contributed by atoms with Crippen LogP contribution in [0.1, 0.15) is 38.2 Å². The van der Waals surface area contributed by atoms with Crippen LogP contribution in [-0.2, 0) is 11.3 Å². The molecule has 1 saturated carbocycles. The summed E-state index contributed by atoms with van der Waals surface area (Å²) in [7, 11) is 0. The molecule has 0 atom stereocenters. The van der Waals surface area contributed by atoms with Gasteiger partial charge in [-0.1, -0.05) is 37.3 Å². The Bertz CT molecular complexity index is 763. The van der Waals surface area contributed by atoms with Crippen molar-refractivity contribution in [2.75, 3.05) is 0 Å². The normalized spacial score (nSPS) is 15.9. The molecule has 0 radical (unpaired) electrons. The quantitative estimate of drug-likeness (QED) is 0.790. The van der Waals surface area contributed by atoms with Crippen LogP contribution < -0.4 is 4.80 Å². The third-order valence-corrected chi connectivity index (χ3v) is 4.86. The van der Waals surface area contributed by atoms with E-state index in [0.717, 1.165) is 23.2 Å².